The summed E-state index contributed by atoms with van der Waals surface area (Å²) in [6, 6.07) is 0. The van der Waals surface area contributed by atoms with Gasteiger partial charge in [0.05, 0.1) is 0 Å². The predicted molar refractivity (Wildman–Crippen MR) is 55.4 cm³/mol. The van der Waals surface area contributed by atoms with Gasteiger partial charge >= 0.3 is 0 Å². The molecule has 0 aromatic carbocycles. The lowest BCUT2D eigenvalue weighted by Crippen LogP contribution is -2.29. The van der Waals surface area contributed by atoms with Crippen molar-refractivity contribution in [3.63, 3.8) is 0 Å². The molecule has 1 N–H and O–H groups in total. The monoisotopic (exact) mass is 214 g/mol. The molecule has 0 fully saturated rings. The first-order chi connectivity index (χ1) is 6.75. The van der Waals surface area contributed by atoms with E-state index in [9.17, 15) is 4.79 Å². The highest BCUT2D eigenvalue weighted by Crippen LogP contribution is 2.01. The highest BCUT2D eigenvalue weighted by atomic mass is 32.1. The molecule has 6 heteroatoms. The molecule has 0 saturated carbocycles. The van der Waals surface area contributed by atoms with Crippen LogP contribution in [0.25, 0.3) is 0 Å². The van der Waals surface area contributed by atoms with E-state index in [1.807, 2.05) is 7.05 Å². The Kier molecular flexibility index (Phi) is 4.48. The summed E-state index contributed by atoms with van der Waals surface area (Å²) in [5, 5.41) is 8.42. The molecule has 0 unspecified atom stereocenters. The number of aromatic nitrogens is 2. The number of nitrogens with zero attached hydrogens (tertiary/aromatic N) is 3. The van der Waals surface area contributed by atoms with E-state index in [0.29, 0.717) is 5.69 Å². The molecule has 0 aliphatic carbocycles. The third kappa shape index (κ3) is 3.04. The average molecular weight is 214 g/mol. The maximum atomic E-state index is 11.6. The largest absolute Gasteiger partial charge is 0.340 e. The normalized spacial score (nSPS) is 10.1. The van der Waals surface area contributed by atoms with Crippen LogP contribution in [-0.4, -0.2) is 47.6 Å². The second kappa shape index (κ2) is 5.66. The fraction of sp³-hybridized carbons (Fsp3) is 0.625. The summed E-state index contributed by atoms with van der Waals surface area (Å²) in [6.07, 6.45) is 0.941. The zero-order valence-electron chi connectivity index (χ0n) is 8.36. The van der Waals surface area contributed by atoms with Crippen LogP contribution in [0.4, 0.5) is 0 Å². The van der Waals surface area contributed by atoms with Crippen molar-refractivity contribution in [2.45, 2.75) is 6.42 Å². The zero-order valence-corrected chi connectivity index (χ0v) is 9.17. The van der Waals surface area contributed by atoms with Gasteiger partial charge in [-0.1, -0.05) is 4.49 Å². The number of nitrogens with one attached hydrogen (secondary N) is 1. The van der Waals surface area contributed by atoms with Gasteiger partial charge in [0.15, 0.2) is 5.69 Å². The minimum atomic E-state index is -0.0603. The third-order valence-electron chi connectivity index (χ3n) is 1.85. The molecule has 0 bridgehead atoms. The number of hydrogen-bond donors (Lipinski definition) is 1. The Labute approximate surface area is 87.3 Å². The Morgan fingerprint density at radius 1 is 1.71 bits per heavy atom. The van der Waals surface area contributed by atoms with Crippen molar-refractivity contribution < 1.29 is 4.79 Å². The van der Waals surface area contributed by atoms with Crippen molar-refractivity contribution in [2.75, 3.05) is 27.2 Å². The smallest absolute Gasteiger partial charge is 0.275 e. The molecular weight excluding hydrogens is 200 g/mol. The van der Waals surface area contributed by atoms with Crippen LogP contribution < -0.4 is 5.32 Å². The molecule has 0 saturated heterocycles. The second-order valence-corrected chi connectivity index (χ2v) is 3.58. The minimum absolute atomic E-state index is 0.0603. The molecule has 1 rings (SSSR count). The van der Waals surface area contributed by atoms with E-state index < -0.39 is 0 Å². The zero-order chi connectivity index (χ0) is 10.4. The van der Waals surface area contributed by atoms with Crippen molar-refractivity contribution in [3.05, 3.63) is 11.1 Å². The maximum absolute atomic E-state index is 11.6. The van der Waals surface area contributed by atoms with Gasteiger partial charge in [-0.2, -0.15) is 0 Å². The lowest BCUT2D eigenvalue weighted by Gasteiger charge is -2.14. The first-order valence-electron chi connectivity index (χ1n) is 4.43. The average Bonchev–Trinajstić information content (AvgIpc) is 2.69. The van der Waals surface area contributed by atoms with Crippen LogP contribution in [0.15, 0.2) is 5.38 Å². The highest BCUT2D eigenvalue weighted by Gasteiger charge is 2.13. The lowest BCUT2D eigenvalue weighted by molar-refractivity contribution is 0.0788. The van der Waals surface area contributed by atoms with Gasteiger partial charge in [0, 0.05) is 19.0 Å². The van der Waals surface area contributed by atoms with Crippen molar-refractivity contribution in [1.29, 1.82) is 0 Å². The number of hydrogen-bond acceptors (Lipinski definition) is 5. The molecule has 1 aromatic rings. The molecule has 0 aliphatic rings. The van der Waals surface area contributed by atoms with Gasteiger partial charge in [-0.25, -0.2) is 0 Å². The van der Waals surface area contributed by atoms with Gasteiger partial charge < -0.3 is 10.2 Å². The van der Waals surface area contributed by atoms with E-state index in [1.54, 1.807) is 17.3 Å². The highest BCUT2D eigenvalue weighted by molar-refractivity contribution is 7.03. The summed E-state index contributed by atoms with van der Waals surface area (Å²) < 4.78 is 3.65. The second-order valence-electron chi connectivity index (χ2n) is 2.97. The van der Waals surface area contributed by atoms with E-state index in [-0.39, 0.29) is 5.91 Å². The van der Waals surface area contributed by atoms with Crippen molar-refractivity contribution >= 4 is 17.4 Å². The number of amides is 1. The fourth-order valence-corrected chi connectivity index (χ4v) is 1.48. The van der Waals surface area contributed by atoms with Gasteiger partial charge in [-0.05, 0) is 31.5 Å². The van der Waals surface area contributed by atoms with E-state index in [1.165, 1.54) is 11.5 Å². The van der Waals surface area contributed by atoms with E-state index in [4.69, 9.17) is 0 Å². The van der Waals surface area contributed by atoms with Gasteiger partial charge in [0.1, 0.15) is 0 Å². The molecule has 1 aromatic heterocycles. The predicted octanol–water partition coefficient (Wildman–Crippen LogP) is 0.220. The fourth-order valence-electron chi connectivity index (χ4n) is 1.05. The van der Waals surface area contributed by atoms with Gasteiger partial charge in [-0.15, -0.1) is 5.10 Å². The summed E-state index contributed by atoms with van der Waals surface area (Å²) in [7, 11) is 3.67. The summed E-state index contributed by atoms with van der Waals surface area (Å²) >= 11 is 1.19. The molecular formula is C8H14N4OS. The molecule has 1 heterocycles. The van der Waals surface area contributed by atoms with Crippen molar-refractivity contribution in [3.8, 4) is 0 Å². The van der Waals surface area contributed by atoms with Crippen LogP contribution >= 0.6 is 11.5 Å². The first-order valence-corrected chi connectivity index (χ1v) is 5.26. The van der Waals surface area contributed by atoms with Crippen LogP contribution in [0.2, 0.25) is 0 Å². The molecule has 14 heavy (non-hydrogen) atoms. The van der Waals surface area contributed by atoms with E-state index in [0.717, 1.165) is 19.5 Å². The lowest BCUT2D eigenvalue weighted by atomic mass is 10.3. The molecule has 78 valence electrons. The third-order valence-corrected chi connectivity index (χ3v) is 2.35. The van der Waals surface area contributed by atoms with Crippen molar-refractivity contribution in [2.24, 2.45) is 0 Å². The Morgan fingerprint density at radius 2 is 2.50 bits per heavy atom. The van der Waals surface area contributed by atoms with Crippen LogP contribution in [0.5, 0.6) is 0 Å². The Bertz CT molecular complexity index is 275. The number of carbonyl (C=O) groups is 1. The summed E-state index contributed by atoms with van der Waals surface area (Å²) in [6.45, 7) is 1.64. The molecule has 0 radical (unpaired) electrons. The van der Waals surface area contributed by atoms with Crippen LogP contribution in [0, 0.1) is 0 Å². The van der Waals surface area contributed by atoms with Gasteiger partial charge in [0.2, 0.25) is 0 Å². The van der Waals surface area contributed by atoms with Crippen LogP contribution in [0.1, 0.15) is 16.9 Å². The first kappa shape index (κ1) is 11.1. The topological polar surface area (TPSA) is 58.1 Å². The molecule has 0 aliphatic heterocycles. The van der Waals surface area contributed by atoms with Gasteiger partial charge in [0.25, 0.3) is 5.91 Å². The summed E-state index contributed by atoms with van der Waals surface area (Å²) in [5.41, 5.74) is 0.432. The molecule has 5 nitrogen and oxygen atoms in total. The van der Waals surface area contributed by atoms with Gasteiger partial charge in [-0.3, -0.25) is 4.79 Å². The molecule has 0 spiro atoms. The van der Waals surface area contributed by atoms with Crippen LogP contribution in [0.3, 0.4) is 0 Å². The summed E-state index contributed by atoms with van der Waals surface area (Å²) in [5.74, 6) is -0.0603. The SMILES string of the molecule is CNCCCN(C)C(=O)c1csnn1. The minimum Gasteiger partial charge on any atom is -0.340 e. The van der Waals surface area contributed by atoms with E-state index >= 15 is 0 Å². The summed E-state index contributed by atoms with van der Waals surface area (Å²) in [4.78, 5) is 13.3. The number of carbonyl (C=O) groups excluding carboxylic acids is 1. The standard InChI is InChI=1S/C8H14N4OS/c1-9-4-3-5-12(2)8(13)7-6-14-11-10-7/h6,9H,3-5H2,1-2H3. The molecule has 0 atom stereocenters. The quantitative estimate of drug-likeness (QED) is 0.712. The Morgan fingerprint density at radius 3 is 3.07 bits per heavy atom. The maximum Gasteiger partial charge on any atom is 0.275 e. The Balaban J connectivity index is 2.37. The Hall–Kier alpha value is -1.01. The van der Waals surface area contributed by atoms with Crippen LogP contribution in [-0.2, 0) is 0 Å². The van der Waals surface area contributed by atoms with E-state index in [2.05, 4.69) is 14.9 Å². The van der Waals surface area contributed by atoms with Crippen molar-refractivity contribution in [1.82, 2.24) is 19.8 Å². The molecule has 1 amide bonds. The number of rotatable bonds is 5.